The molecular formula is C16H17FN2O4. The number of benzene rings is 1. The van der Waals surface area contributed by atoms with Crippen molar-refractivity contribution in [2.24, 2.45) is 7.05 Å². The summed E-state index contributed by atoms with van der Waals surface area (Å²) in [6.07, 6.45) is 1.44. The zero-order chi connectivity index (χ0) is 16.4. The summed E-state index contributed by atoms with van der Waals surface area (Å²) in [5.74, 6) is -1.40. The Morgan fingerprint density at radius 2 is 2.13 bits per heavy atom. The average molecular weight is 320 g/mol. The molecule has 1 aromatic heterocycles. The van der Waals surface area contributed by atoms with Gasteiger partial charge in [0.15, 0.2) is 17.3 Å². The molecule has 2 heterocycles. The van der Waals surface area contributed by atoms with Crippen LogP contribution in [0.5, 0.6) is 5.75 Å². The Hall–Kier alpha value is -2.41. The van der Waals surface area contributed by atoms with Crippen LogP contribution >= 0.6 is 0 Å². The second-order valence-electron chi connectivity index (χ2n) is 5.42. The summed E-state index contributed by atoms with van der Waals surface area (Å²) in [6, 6.07) is 6.00. The number of rotatable bonds is 4. The summed E-state index contributed by atoms with van der Waals surface area (Å²) in [7, 11) is 1.62. The van der Waals surface area contributed by atoms with Crippen molar-refractivity contribution in [3.63, 3.8) is 0 Å². The molecule has 1 fully saturated rings. The topological polar surface area (TPSA) is 73.6 Å². The summed E-state index contributed by atoms with van der Waals surface area (Å²) in [5.41, 5.74) is 0.994. The molecule has 122 valence electrons. The maximum absolute atomic E-state index is 14.3. The Kier molecular flexibility index (Phi) is 4.29. The summed E-state index contributed by atoms with van der Waals surface area (Å²) < 4.78 is 26.6. The molecule has 6 nitrogen and oxygen atoms in total. The van der Waals surface area contributed by atoms with Crippen LogP contribution in [0.2, 0.25) is 0 Å². The van der Waals surface area contributed by atoms with E-state index in [2.05, 4.69) is 5.10 Å². The van der Waals surface area contributed by atoms with Gasteiger partial charge in [-0.1, -0.05) is 0 Å². The van der Waals surface area contributed by atoms with E-state index < -0.39 is 11.8 Å². The van der Waals surface area contributed by atoms with Gasteiger partial charge in [-0.3, -0.25) is 4.68 Å². The van der Waals surface area contributed by atoms with Gasteiger partial charge in [0.25, 0.3) is 0 Å². The van der Waals surface area contributed by atoms with E-state index in [1.165, 1.54) is 16.8 Å². The highest BCUT2D eigenvalue weighted by atomic mass is 19.1. The third kappa shape index (κ3) is 3.34. The lowest BCUT2D eigenvalue weighted by molar-refractivity contribution is 0.0240. The summed E-state index contributed by atoms with van der Waals surface area (Å²) in [5, 5.41) is 12.9. The van der Waals surface area contributed by atoms with Gasteiger partial charge in [0.2, 0.25) is 0 Å². The second kappa shape index (κ2) is 6.37. The molecule has 7 heteroatoms. The third-order valence-electron chi connectivity index (χ3n) is 3.79. The SMILES string of the molecule is Cn1nc(C(=O)O)cc1-c1ccc(OC2CCOCC2)c(F)c1. The fourth-order valence-corrected chi connectivity index (χ4v) is 2.57. The van der Waals surface area contributed by atoms with Crippen LogP contribution in [0.4, 0.5) is 4.39 Å². The Labute approximate surface area is 132 Å². The van der Waals surface area contributed by atoms with Gasteiger partial charge in [-0.25, -0.2) is 9.18 Å². The Morgan fingerprint density at radius 3 is 2.74 bits per heavy atom. The van der Waals surface area contributed by atoms with Crippen LogP contribution in [-0.4, -0.2) is 40.2 Å². The van der Waals surface area contributed by atoms with Gasteiger partial charge in [-0.05, 0) is 24.3 Å². The Balaban J connectivity index is 1.82. The molecule has 3 rings (SSSR count). The molecule has 0 radical (unpaired) electrons. The maximum atomic E-state index is 14.3. The van der Waals surface area contributed by atoms with Gasteiger partial charge in [0, 0.05) is 25.5 Å². The molecule has 0 spiro atoms. The summed E-state index contributed by atoms with van der Waals surface area (Å²) >= 11 is 0. The van der Waals surface area contributed by atoms with E-state index in [-0.39, 0.29) is 17.5 Å². The number of ether oxygens (including phenoxy) is 2. The molecule has 0 amide bonds. The van der Waals surface area contributed by atoms with Crippen LogP contribution < -0.4 is 4.74 Å². The summed E-state index contributed by atoms with van der Waals surface area (Å²) in [6.45, 7) is 1.24. The van der Waals surface area contributed by atoms with Gasteiger partial charge < -0.3 is 14.6 Å². The fourth-order valence-electron chi connectivity index (χ4n) is 2.57. The number of hydrogen-bond donors (Lipinski definition) is 1. The molecule has 0 atom stereocenters. The number of aromatic nitrogens is 2. The van der Waals surface area contributed by atoms with Crippen molar-refractivity contribution in [1.29, 1.82) is 0 Å². The molecule has 23 heavy (non-hydrogen) atoms. The first-order chi connectivity index (χ1) is 11.0. The lowest BCUT2D eigenvalue weighted by Crippen LogP contribution is -2.26. The number of carboxylic acid groups (broad SMARTS) is 1. The smallest absolute Gasteiger partial charge is 0.356 e. The highest BCUT2D eigenvalue weighted by Gasteiger charge is 2.18. The third-order valence-corrected chi connectivity index (χ3v) is 3.79. The Bertz CT molecular complexity index is 723. The van der Waals surface area contributed by atoms with Crippen molar-refractivity contribution < 1.29 is 23.8 Å². The number of hydrogen-bond acceptors (Lipinski definition) is 4. The molecule has 0 bridgehead atoms. The van der Waals surface area contributed by atoms with Gasteiger partial charge in [-0.15, -0.1) is 0 Å². The minimum atomic E-state index is -1.12. The lowest BCUT2D eigenvalue weighted by Gasteiger charge is -2.23. The van der Waals surface area contributed by atoms with E-state index in [1.54, 1.807) is 19.2 Å². The molecule has 0 unspecified atom stereocenters. The quantitative estimate of drug-likeness (QED) is 0.937. The highest BCUT2D eigenvalue weighted by molar-refractivity contribution is 5.87. The van der Waals surface area contributed by atoms with Crippen molar-refractivity contribution in [2.75, 3.05) is 13.2 Å². The first-order valence-electron chi connectivity index (χ1n) is 7.36. The molecule has 1 N–H and O–H groups in total. The Morgan fingerprint density at radius 1 is 1.39 bits per heavy atom. The maximum Gasteiger partial charge on any atom is 0.356 e. The normalized spacial score (nSPS) is 15.6. The van der Waals surface area contributed by atoms with Crippen molar-refractivity contribution in [1.82, 2.24) is 9.78 Å². The number of halogens is 1. The number of aryl methyl sites for hydroxylation is 1. The van der Waals surface area contributed by atoms with Crippen molar-refractivity contribution in [2.45, 2.75) is 18.9 Å². The van der Waals surface area contributed by atoms with E-state index in [4.69, 9.17) is 14.6 Å². The largest absolute Gasteiger partial charge is 0.487 e. The van der Waals surface area contributed by atoms with Gasteiger partial charge in [0.1, 0.15) is 6.10 Å². The zero-order valence-electron chi connectivity index (χ0n) is 12.7. The molecule has 1 aromatic carbocycles. The molecule has 2 aromatic rings. The number of nitrogens with zero attached hydrogens (tertiary/aromatic N) is 2. The van der Waals surface area contributed by atoms with E-state index in [0.29, 0.717) is 24.5 Å². The first-order valence-corrected chi connectivity index (χ1v) is 7.36. The van der Waals surface area contributed by atoms with Gasteiger partial charge in [-0.2, -0.15) is 5.10 Å². The van der Waals surface area contributed by atoms with Crippen molar-refractivity contribution in [3.8, 4) is 17.0 Å². The van der Waals surface area contributed by atoms with E-state index in [1.807, 2.05) is 0 Å². The minimum Gasteiger partial charge on any atom is -0.487 e. The lowest BCUT2D eigenvalue weighted by atomic mass is 10.1. The molecular weight excluding hydrogens is 303 g/mol. The molecule has 1 aliphatic rings. The predicted molar refractivity (Wildman–Crippen MR) is 80.0 cm³/mol. The monoisotopic (exact) mass is 320 g/mol. The van der Waals surface area contributed by atoms with Crippen LogP contribution in [0.3, 0.4) is 0 Å². The van der Waals surface area contributed by atoms with Gasteiger partial charge in [0.05, 0.1) is 18.9 Å². The van der Waals surface area contributed by atoms with Gasteiger partial charge >= 0.3 is 5.97 Å². The van der Waals surface area contributed by atoms with Crippen molar-refractivity contribution in [3.05, 3.63) is 35.8 Å². The average Bonchev–Trinajstić information content (AvgIpc) is 2.93. The molecule has 0 aliphatic carbocycles. The van der Waals surface area contributed by atoms with Crippen LogP contribution in [0, 0.1) is 5.82 Å². The number of carboxylic acids is 1. The summed E-state index contributed by atoms with van der Waals surface area (Å²) in [4.78, 5) is 11.0. The first kappa shape index (κ1) is 15.5. The van der Waals surface area contributed by atoms with Crippen LogP contribution in [-0.2, 0) is 11.8 Å². The van der Waals surface area contributed by atoms with Crippen LogP contribution in [0.25, 0.3) is 11.3 Å². The van der Waals surface area contributed by atoms with E-state index in [0.717, 1.165) is 12.8 Å². The highest BCUT2D eigenvalue weighted by Crippen LogP contribution is 2.27. The molecule has 1 saturated heterocycles. The molecule has 1 aliphatic heterocycles. The van der Waals surface area contributed by atoms with Crippen molar-refractivity contribution >= 4 is 5.97 Å². The number of carbonyl (C=O) groups is 1. The standard InChI is InChI=1S/C16H17FN2O4/c1-19-14(9-13(18-19)16(20)21)10-2-3-15(12(17)8-10)23-11-4-6-22-7-5-11/h2-3,8-9,11H,4-7H2,1H3,(H,20,21). The van der Waals surface area contributed by atoms with Crippen LogP contribution in [0.15, 0.2) is 24.3 Å². The van der Waals surface area contributed by atoms with Crippen LogP contribution in [0.1, 0.15) is 23.3 Å². The zero-order valence-corrected chi connectivity index (χ0v) is 12.7. The predicted octanol–water partition coefficient (Wildman–Crippen LogP) is 2.48. The second-order valence-corrected chi connectivity index (χ2v) is 5.42. The number of aromatic carboxylic acids is 1. The van der Waals surface area contributed by atoms with E-state index in [9.17, 15) is 9.18 Å². The minimum absolute atomic E-state index is 0.0422. The van der Waals surface area contributed by atoms with E-state index >= 15 is 0 Å². The molecule has 0 saturated carbocycles. The fraction of sp³-hybridized carbons (Fsp3) is 0.375.